The van der Waals surface area contributed by atoms with Crippen LogP contribution in [0.3, 0.4) is 0 Å². The first-order valence-electron chi connectivity index (χ1n) is 5.87. The van der Waals surface area contributed by atoms with Crippen LogP contribution in [0.2, 0.25) is 0 Å². The molecule has 0 saturated carbocycles. The van der Waals surface area contributed by atoms with Crippen molar-refractivity contribution in [1.29, 1.82) is 0 Å². The fraction of sp³-hybridized carbons (Fsp3) is 0.429. The number of hydrogen-bond donors (Lipinski definition) is 1. The standard InChI is InChI=1S/C14H20O2/c15-12-8-3-1-2-4-9-13-16-14-10-6-5-7-11-14/h4-7,9-11,15H,1-3,8,12-13H2. The molecule has 0 fully saturated rings. The van der Waals surface area contributed by atoms with E-state index in [9.17, 15) is 0 Å². The Labute approximate surface area is 97.6 Å². The molecule has 0 unspecified atom stereocenters. The molecule has 0 aliphatic rings. The average molecular weight is 220 g/mol. The average Bonchev–Trinajstić information content (AvgIpc) is 2.34. The topological polar surface area (TPSA) is 29.5 Å². The summed E-state index contributed by atoms with van der Waals surface area (Å²) in [5.41, 5.74) is 0. The van der Waals surface area contributed by atoms with E-state index in [0.29, 0.717) is 13.2 Å². The predicted molar refractivity (Wildman–Crippen MR) is 66.6 cm³/mol. The molecule has 0 saturated heterocycles. The lowest BCUT2D eigenvalue weighted by Gasteiger charge is -2.01. The first kappa shape index (κ1) is 12.8. The molecule has 0 heterocycles. The third-order valence-corrected chi connectivity index (χ3v) is 2.29. The Morgan fingerprint density at radius 1 is 1.00 bits per heavy atom. The summed E-state index contributed by atoms with van der Waals surface area (Å²) in [4.78, 5) is 0. The van der Waals surface area contributed by atoms with Gasteiger partial charge in [0.15, 0.2) is 0 Å². The van der Waals surface area contributed by atoms with Crippen LogP contribution in [-0.4, -0.2) is 18.3 Å². The Morgan fingerprint density at radius 2 is 1.81 bits per heavy atom. The van der Waals surface area contributed by atoms with Crippen LogP contribution in [0.4, 0.5) is 0 Å². The van der Waals surface area contributed by atoms with E-state index in [-0.39, 0.29) is 0 Å². The molecule has 0 aliphatic heterocycles. The van der Waals surface area contributed by atoms with E-state index in [4.69, 9.17) is 9.84 Å². The highest BCUT2D eigenvalue weighted by Gasteiger charge is 1.88. The molecule has 1 aromatic rings. The maximum atomic E-state index is 8.60. The maximum Gasteiger partial charge on any atom is 0.119 e. The van der Waals surface area contributed by atoms with Gasteiger partial charge in [-0.2, -0.15) is 0 Å². The highest BCUT2D eigenvalue weighted by atomic mass is 16.5. The van der Waals surface area contributed by atoms with Gasteiger partial charge in [0.05, 0.1) is 0 Å². The molecular weight excluding hydrogens is 200 g/mol. The number of aliphatic hydroxyl groups excluding tert-OH is 1. The molecule has 2 heteroatoms. The lowest BCUT2D eigenvalue weighted by atomic mass is 10.2. The van der Waals surface area contributed by atoms with Crippen LogP contribution in [0.5, 0.6) is 5.75 Å². The summed E-state index contributed by atoms with van der Waals surface area (Å²) >= 11 is 0. The molecule has 16 heavy (non-hydrogen) atoms. The zero-order chi connectivity index (χ0) is 11.5. The van der Waals surface area contributed by atoms with Gasteiger partial charge in [0, 0.05) is 6.61 Å². The monoisotopic (exact) mass is 220 g/mol. The van der Waals surface area contributed by atoms with Crippen molar-refractivity contribution < 1.29 is 9.84 Å². The summed E-state index contributed by atoms with van der Waals surface area (Å²) in [5, 5.41) is 8.60. The molecule has 1 aromatic carbocycles. The largest absolute Gasteiger partial charge is 0.490 e. The molecular formula is C14H20O2. The summed E-state index contributed by atoms with van der Waals surface area (Å²) in [6, 6.07) is 9.82. The minimum Gasteiger partial charge on any atom is -0.490 e. The lowest BCUT2D eigenvalue weighted by Crippen LogP contribution is -1.92. The van der Waals surface area contributed by atoms with Gasteiger partial charge in [0.25, 0.3) is 0 Å². The number of hydrogen-bond acceptors (Lipinski definition) is 2. The van der Waals surface area contributed by atoms with Gasteiger partial charge < -0.3 is 9.84 Å². The molecule has 0 amide bonds. The van der Waals surface area contributed by atoms with E-state index in [1.165, 1.54) is 0 Å². The van der Waals surface area contributed by atoms with E-state index in [1.54, 1.807) is 0 Å². The number of allylic oxidation sites excluding steroid dienone is 1. The van der Waals surface area contributed by atoms with E-state index < -0.39 is 0 Å². The second-order valence-electron chi connectivity index (χ2n) is 3.67. The van der Waals surface area contributed by atoms with Gasteiger partial charge in [-0.25, -0.2) is 0 Å². The summed E-state index contributed by atoms with van der Waals surface area (Å²) in [6.45, 7) is 0.935. The van der Waals surface area contributed by atoms with E-state index in [0.717, 1.165) is 31.4 Å². The Balaban J connectivity index is 2.00. The van der Waals surface area contributed by atoms with Crippen LogP contribution < -0.4 is 4.74 Å². The van der Waals surface area contributed by atoms with Crippen molar-refractivity contribution in [2.45, 2.75) is 25.7 Å². The molecule has 0 aliphatic carbocycles. The van der Waals surface area contributed by atoms with Crippen LogP contribution >= 0.6 is 0 Å². The first-order chi connectivity index (χ1) is 7.93. The van der Waals surface area contributed by atoms with Gasteiger partial charge in [-0.3, -0.25) is 0 Å². The minimum absolute atomic E-state index is 0.306. The molecule has 0 spiro atoms. The molecule has 0 radical (unpaired) electrons. The smallest absolute Gasteiger partial charge is 0.119 e. The van der Waals surface area contributed by atoms with Gasteiger partial charge in [-0.1, -0.05) is 36.8 Å². The third-order valence-electron chi connectivity index (χ3n) is 2.29. The van der Waals surface area contributed by atoms with Crippen LogP contribution in [0, 0.1) is 0 Å². The summed E-state index contributed by atoms with van der Waals surface area (Å²) < 4.78 is 5.51. The third kappa shape index (κ3) is 6.25. The fourth-order valence-corrected chi connectivity index (χ4v) is 1.40. The predicted octanol–water partition coefficient (Wildman–Crippen LogP) is 3.17. The molecule has 0 atom stereocenters. The van der Waals surface area contributed by atoms with Crippen molar-refractivity contribution >= 4 is 0 Å². The highest BCUT2D eigenvalue weighted by molar-refractivity contribution is 5.21. The summed E-state index contributed by atoms with van der Waals surface area (Å²) in [6.07, 6.45) is 8.40. The molecule has 0 bridgehead atoms. The van der Waals surface area contributed by atoms with E-state index in [2.05, 4.69) is 6.08 Å². The number of ether oxygens (including phenoxy) is 1. The van der Waals surface area contributed by atoms with Crippen molar-refractivity contribution in [2.24, 2.45) is 0 Å². The van der Waals surface area contributed by atoms with Crippen molar-refractivity contribution in [1.82, 2.24) is 0 Å². The molecule has 0 aromatic heterocycles. The van der Waals surface area contributed by atoms with E-state index in [1.807, 2.05) is 36.4 Å². The van der Waals surface area contributed by atoms with Crippen LogP contribution in [0.1, 0.15) is 25.7 Å². The molecule has 2 nitrogen and oxygen atoms in total. The van der Waals surface area contributed by atoms with Crippen molar-refractivity contribution in [3.05, 3.63) is 42.5 Å². The fourth-order valence-electron chi connectivity index (χ4n) is 1.40. The van der Waals surface area contributed by atoms with Crippen molar-refractivity contribution in [2.75, 3.05) is 13.2 Å². The van der Waals surface area contributed by atoms with Crippen LogP contribution in [0.15, 0.2) is 42.5 Å². The number of benzene rings is 1. The van der Waals surface area contributed by atoms with Gasteiger partial charge in [-0.15, -0.1) is 0 Å². The van der Waals surface area contributed by atoms with Gasteiger partial charge in [0.2, 0.25) is 0 Å². The Bertz CT molecular complexity index is 280. The lowest BCUT2D eigenvalue weighted by molar-refractivity contribution is 0.283. The summed E-state index contributed by atoms with van der Waals surface area (Å²) in [5.74, 6) is 0.910. The zero-order valence-electron chi connectivity index (χ0n) is 9.64. The summed E-state index contributed by atoms with van der Waals surface area (Å²) in [7, 11) is 0. The quantitative estimate of drug-likeness (QED) is 0.538. The van der Waals surface area contributed by atoms with E-state index >= 15 is 0 Å². The Hall–Kier alpha value is -1.28. The van der Waals surface area contributed by atoms with Gasteiger partial charge in [0.1, 0.15) is 12.4 Å². The SMILES string of the molecule is OCCCCCC=CCOc1ccccc1. The highest BCUT2D eigenvalue weighted by Crippen LogP contribution is 2.08. The second kappa shape index (κ2) is 8.98. The molecule has 1 N–H and O–H groups in total. The molecule has 1 rings (SSSR count). The Kier molecular flexibility index (Phi) is 7.18. The minimum atomic E-state index is 0.306. The zero-order valence-corrected chi connectivity index (χ0v) is 9.64. The first-order valence-corrected chi connectivity index (χ1v) is 5.87. The van der Waals surface area contributed by atoms with Crippen molar-refractivity contribution in [3.63, 3.8) is 0 Å². The number of rotatable bonds is 8. The maximum absolute atomic E-state index is 8.60. The number of aliphatic hydroxyl groups is 1. The molecule has 88 valence electrons. The van der Waals surface area contributed by atoms with Crippen LogP contribution in [-0.2, 0) is 0 Å². The van der Waals surface area contributed by atoms with Gasteiger partial charge in [-0.05, 0) is 31.4 Å². The van der Waals surface area contributed by atoms with Gasteiger partial charge >= 0.3 is 0 Å². The second-order valence-corrected chi connectivity index (χ2v) is 3.67. The number of unbranched alkanes of at least 4 members (excludes halogenated alkanes) is 3. The number of para-hydroxylation sites is 1. The normalized spacial score (nSPS) is 10.8. The van der Waals surface area contributed by atoms with Crippen molar-refractivity contribution in [3.8, 4) is 5.75 Å². The Morgan fingerprint density at radius 3 is 2.56 bits per heavy atom. The van der Waals surface area contributed by atoms with Crippen LogP contribution in [0.25, 0.3) is 0 Å².